The lowest BCUT2D eigenvalue weighted by atomic mass is 9.96. The normalized spacial score (nSPS) is 13.4. The lowest BCUT2D eigenvalue weighted by Crippen LogP contribution is -2.49. The fraction of sp³-hybridized carbons (Fsp3) is 0.300. The SMILES string of the molecule is CC(C)S(=O)(=O)N(CC(C)(O)c1ccccc1)C(=O)Nc1cccc(C#N)c1. The van der Waals surface area contributed by atoms with E-state index in [-0.39, 0.29) is 5.69 Å². The predicted octanol–water partition coefficient (Wildman–Crippen LogP) is 3.04. The Hall–Kier alpha value is -2.89. The summed E-state index contributed by atoms with van der Waals surface area (Å²) in [6.07, 6.45) is 0. The van der Waals surface area contributed by atoms with Crippen LogP contribution in [0.3, 0.4) is 0 Å². The molecule has 0 heterocycles. The van der Waals surface area contributed by atoms with Crippen molar-refractivity contribution in [2.45, 2.75) is 31.6 Å². The summed E-state index contributed by atoms with van der Waals surface area (Å²) < 4.78 is 26.2. The van der Waals surface area contributed by atoms with Crippen molar-refractivity contribution in [3.63, 3.8) is 0 Å². The van der Waals surface area contributed by atoms with E-state index in [4.69, 9.17) is 5.26 Å². The minimum atomic E-state index is -4.02. The number of nitrogens with one attached hydrogen (secondary N) is 1. The molecule has 0 saturated heterocycles. The van der Waals surface area contributed by atoms with E-state index in [9.17, 15) is 18.3 Å². The number of urea groups is 1. The Labute approximate surface area is 165 Å². The number of rotatable bonds is 6. The Morgan fingerprint density at radius 1 is 1.21 bits per heavy atom. The zero-order chi connectivity index (χ0) is 20.9. The van der Waals surface area contributed by atoms with Crippen LogP contribution in [-0.4, -0.2) is 35.7 Å². The van der Waals surface area contributed by atoms with E-state index < -0.39 is 33.5 Å². The molecule has 0 fully saturated rings. The molecule has 0 radical (unpaired) electrons. The summed E-state index contributed by atoms with van der Waals surface area (Å²) in [7, 11) is -4.02. The first kappa shape index (κ1) is 21.4. The molecule has 0 aromatic heterocycles. The van der Waals surface area contributed by atoms with Crippen molar-refractivity contribution in [1.29, 1.82) is 5.26 Å². The van der Waals surface area contributed by atoms with Crippen molar-refractivity contribution in [3.8, 4) is 6.07 Å². The van der Waals surface area contributed by atoms with Crippen molar-refractivity contribution in [3.05, 3.63) is 65.7 Å². The van der Waals surface area contributed by atoms with Gasteiger partial charge in [-0.1, -0.05) is 36.4 Å². The molecule has 0 aliphatic heterocycles. The molecular formula is C20H23N3O4S. The van der Waals surface area contributed by atoms with Crippen LogP contribution in [0.15, 0.2) is 54.6 Å². The molecule has 8 heteroatoms. The van der Waals surface area contributed by atoms with Gasteiger partial charge in [-0.15, -0.1) is 0 Å². The van der Waals surface area contributed by atoms with Gasteiger partial charge in [-0.05, 0) is 44.5 Å². The number of benzene rings is 2. The molecule has 148 valence electrons. The fourth-order valence-electron chi connectivity index (χ4n) is 2.55. The number of carbonyl (C=O) groups excluding carboxylic acids is 1. The van der Waals surface area contributed by atoms with Gasteiger partial charge < -0.3 is 10.4 Å². The van der Waals surface area contributed by atoms with Gasteiger partial charge in [0.15, 0.2) is 0 Å². The quantitative estimate of drug-likeness (QED) is 0.773. The Morgan fingerprint density at radius 3 is 2.43 bits per heavy atom. The molecule has 0 saturated carbocycles. The standard InChI is InChI=1S/C20H23N3O4S/c1-15(2)28(26,27)23(14-20(3,25)17-9-5-4-6-10-17)19(24)22-18-11-7-8-16(12-18)13-21/h4-12,15,25H,14H2,1-3H3,(H,22,24). The summed E-state index contributed by atoms with van der Waals surface area (Å²) in [4.78, 5) is 12.8. The van der Waals surface area contributed by atoms with E-state index in [0.29, 0.717) is 15.4 Å². The number of hydrogen-bond donors (Lipinski definition) is 2. The van der Waals surface area contributed by atoms with Crippen LogP contribution in [0, 0.1) is 11.3 Å². The number of sulfonamides is 1. The third-order valence-electron chi connectivity index (χ3n) is 4.22. The van der Waals surface area contributed by atoms with Crippen LogP contribution < -0.4 is 5.32 Å². The van der Waals surface area contributed by atoms with Gasteiger partial charge in [0.1, 0.15) is 5.60 Å². The predicted molar refractivity (Wildman–Crippen MR) is 107 cm³/mol. The third kappa shape index (κ3) is 4.88. The number of nitriles is 1. The third-order valence-corrected chi connectivity index (χ3v) is 6.32. The van der Waals surface area contributed by atoms with Crippen LogP contribution in [0.5, 0.6) is 0 Å². The summed E-state index contributed by atoms with van der Waals surface area (Å²) in [5.41, 5.74) is -0.493. The highest BCUT2D eigenvalue weighted by Crippen LogP contribution is 2.25. The Morgan fingerprint density at radius 2 is 1.86 bits per heavy atom. The van der Waals surface area contributed by atoms with Gasteiger partial charge in [0.2, 0.25) is 10.0 Å². The molecule has 1 unspecified atom stereocenters. The highest BCUT2D eigenvalue weighted by molar-refractivity contribution is 7.90. The molecule has 0 aliphatic rings. The Balaban J connectivity index is 2.37. The van der Waals surface area contributed by atoms with E-state index in [1.165, 1.54) is 26.8 Å². The first-order valence-corrected chi connectivity index (χ1v) is 10.2. The molecule has 2 aromatic carbocycles. The average molecular weight is 401 g/mol. The number of hydrogen-bond acceptors (Lipinski definition) is 5. The minimum absolute atomic E-state index is 0.285. The van der Waals surface area contributed by atoms with Gasteiger partial charge in [0.05, 0.1) is 23.4 Å². The van der Waals surface area contributed by atoms with Crippen LogP contribution in [0.4, 0.5) is 10.5 Å². The Bertz CT molecular complexity index is 980. The molecule has 2 amide bonds. The van der Waals surface area contributed by atoms with Crippen LogP contribution in [0.25, 0.3) is 0 Å². The number of aliphatic hydroxyl groups is 1. The molecule has 0 spiro atoms. The highest BCUT2D eigenvalue weighted by atomic mass is 32.2. The van der Waals surface area contributed by atoms with Crippen molar-refractivity contribution >= 4 is 21.7 Å². The zero-order valence-electron chi connectivity index (χ0n) is 16.0. The van der Waals surface area contributed by atoms with Gasteiger partial charge in [0.25, 0.3) is 0 Å². The van der Waals surface area contributed by atoms with E-state index in [1.54, 1.807) is 48.5 Å². The second-order valence-corrected chi connectivity index (χ2v) is 9.28. The molecule has 2 rings (SSSR count). The van der Waals surface area contributed by atoms with E-state index >= 15 is 0 Å². The number of amides is 2. The first-order valence-electron chi connectivity index (χ1n) is 8.68. The van der Waals surface area contributed by atoms with Crippen molar-refractivity contribution < 1.29 is 18.3 Å². The van der Waals surface area contributed by atoms with Crippen molar-refractivity contribution in [1.82, 2.24) is 4.31 Å². The zero-order valence-corrected chi connectivity index (χ0v) is 16.8. The molecule has 0 bridgehead atoms. The maximum atomic E-state index is 12.8. The highest BCUT2D eigenvalue weighted by Gasteiger charge is 2.37. The minimum Gasteiger partial charge on any atom is -0.384 e. The number of carbonyl (C=O) groups is 1. The first-order chi connectivity index (χ1) is 13.1. The summed E-state index contributed by atoms with van der Waals surface area (Å²) in [6.45, 7) is 3.92. The van der Waals surface area contributed by atoms with Crippen LogP contribution in [0.2, 0.25) is 0 Å². The molecule has 28 heavy (non-hydrogen) atoms. The maximum absolute atomic E-state index is 12.8. The van der Waals surface area contributed by atoms with Gasteiger partial charge in [0, 0.05) is 5.69 Å². The molecule has 0 aliphatic carbocycles. The molecule has 2 N–H and O–H groups in total. The summed E-state index contributed by atoms with van der Waals surface area (Å²) in [5.74, 6) is 0. The topological polar surface area (TPSA) is 110 Å². The van der Waals surface area contributed by atoms with Gasteiger partial charge in [-0.25, -0.2) is 17.5 Å². The molecule has 1 atom stereocenters. The smallest absolute Gasteiger partial charge is 0.335 e. The van der Waals surface area contributed by atoms with Gasteiger partial charge >= 0.3 is 6.03 Å². The molecular weight excluding hydrogens is 378 g/mol. The van der Waals surface area contributed by atoms with Gasteiger partial charge in [-0.3, -0.25) is 0 Å². The van der Waals surface area contributed by atoms with Crippen molar-refractivity contribution in [2.75, 3.05) is 11.9 Å². The van der Waals surface area contributed by atoms with E-state index in [1.807, 2.05) is 6.07 Å². The van der Waals surface area contributed by atoms with Crippen molar-refractivity contribution in [2.24, 2.45) is 0 Å². The Kier molecular flexibility index (Phi) is 6.44. The van der Waals surface area contributed by atoms with Crippen LogP contribution in [0.1, 0.15) is 31.9 Å². The fourth-order valence-corrected chi connectivity index (χ4v) is 3.77. The van der Waals surface area contributed by atoms with Crippen LogP contribution >= 0.6 is 0 Å². The molecule has 2 aromatic rings. The van der Waals surface area contributed by atoms with Crippen LogP contribution in [-0.2, 0) is 15.6 Å². The largest absolute Gasteiger partial charge is 0.384 e. The number of nitrogens with zero attached hydrogens (tertiary/aromatic N) is 2. The van der Waals surface area contributed by atoms with Gasteiger partial charge in [-0.2, -0.15) is 5.26 Å². The maximum Gasteiger partial charge on any atom is 0.335 e. The lowest BCUT2D eigenvalue weighted by molar-refractivity contribution is 0.0438. The average Bonchev–Trinajstić information content (AvgIpc) is 2.66. The molecule has 7 nitrogen and oxygen atoms in total. The summed E-state index contributed by atoms with van der Waals surface area (Å²) in [6, 6.07) is 15.7. The summed E-state index contributed by atoms with van der Waals surface area (Å²) >= 11 is 0. The monoisotopic (exact) mass is 401 g/mol. The second kappa shape index (κ2) is 8.42. The second-order valence-electron chi connectivity index (χ2n) is 6.86. The number of anilines is 1. The van der Waals surface area contributed by atoms with E-state index in [2.05, 4.69) is 5.32 Å². The summed E-state index contributed by atoms with van der Waals surface area (Å²) in [5, 5.41) is 21.5. The van der Waals surface area contributed by atoms with E-state index in [0.717, 1.165) is 0 Å². The lowest BCUT2D eigenvalue weighted by Gasteiger charge is -2.32.